The normalized spacial score (nSPS) is 19.3. The Balaban J connectivity index is 2.17. The Kier molecular flexibility index (Phi) is 4.37. The molecule has 16 heavy (non-hydrogen) atoms. The average molecular weight is 328 g/mol. The zero-order valence-electron chi connectivity index (χ0n) is 9.32. The third-order valence-electron chi connectivity index (χ3n) is 2.96. The summed E-state index contributed by atoms with van der Waals surface area (Å²) in [6, 6.07) is 9.04. The van der Waals surface area contributed by atoms with Crippen molar-refractivity contribution in [2.45, 2.75) is 6.04 Å². The number of rotatable bonds is 3. The Hall–Kier alpha value is -0.390. The van der Waals surface area contributed by atoms with Crippen molar-refractivity contribution in [3.63, 3.8) is 0 Å². The Bertz CT molecular complexity index is 359. The average Bonchev–Trinajstić information content (AvgIpc) is 2.31. The molecule has 1 aromatic carbocycles. The maximum atomic E-state index is 3.98. The summed E-state index contributed by atoms with van der Waals surface area (Å²) in [5, 5.41) is 3.38. The van der Waals surface area contributed by atoms with Crippen molar-refractivity contribution in [3.05, 3.63) is 46.1 Å². The third-order valence-corrected chi connectivity index (χ3v) is 3.63. The standard InChI is InChI=1S/C13H17IN2/c1-2-13(16-8-6-15-7-9-16)11-4-3-5-12(14)10-11/h2-5,10,13,15H,1,6-9H2/t13-/m1/s1. The molecule has 1 aliphatic heterocycles. The lowest BCUT2D eigenvalue weighted by atomic mass is 10.0. The maximum absolute atomic E-state index is 3.98. The van der Waals surface area contributed by atoms with Gasteiger partial charge in [0.25, 0.3) is 0 Å². The van der Waals surface area contributed by atoms with Gasteiger partial charge < -0.3 is 5.32 Å². The van der Waals surface area contributed by atoms with Crippen LogP contribution in [0, 0.1) is 3.57 Å². The van der Waals surface area contributed by atoms with Crippen LogP contribution in [0.1, 0.15) is 11.6 Å². The van der Waals surface area contributed by atoms with Gasteiger partial charge >= 0.3 is 0 Å². The van der Waals surface area contributed by atoms with Crippen LogP contribution in [-0.2, 0) is 0 Å². The lowest BCUT2D eigenvalue weighted by Gasteiger charge is -2.33. The van der Waals surface area contributed by atoms with E-state index in [-0.39, 0.29) is 0 Å². The van der Waals surface area contributed by atoms with Crippen molar-refractivity contribution in [2.75, 3.05) is 26.2 Å². The van der Waals surface area contributed by atoms with Crippen LogP contribution in [0.5, 0.6) is 0 Å². The van der Waals surface area contributed by atoms with Crippen molar-refractivity contribution in [1.29, 1.82) is 0 Å². The largest absolute Gasteiger partial charge is 0.314 e. The van der Waals surface area contributed by atoms with Gasteiger partial charge in [-0.1, -0.05) is 18.2 Å². The molecule has 0 aromatic heterocycles. The number of hydrogen-bond donors (Lipinski definition) is 1. The molecular weight excluding hydrogens is 311 g/mol. The van der Waals surface area contributed by atoms with Gasteiger partial charge in [-0.15, -0.1) is 6.58 Å². The van der Waals surface area contributed by atoms with E-state index in [9.17, 15) is 0 Å². The monoisotopic (exact) mass is 328 g/mol. The molecule has 0 unspecified atom stereocenters. The summed E-state index contributed by atoms with van der Waals surface area (Å²) in [4.78, 5) is 2.48. The van der Waals surface area contributed by atoms with Gasteiger partial charge in [-0.3, -0.25) is 4.90 Å². The predicted octanol–water partition coefficient (Wildman–Crippen LogP) is 2.42. The number of nitrogens with one attached hydrogen (secondary N) is 1. The number of benzene rings is 1. The first kappa shape index (κ1) is 12.1. The zero-order valence-corrected chi connectivity index (χ0v) is 11.5. The first-order valence-electron chi connectivity index (χ1n) is 5.64. The molecule has 1 fully saturated rings. The highest BCUT2D eigenvalue weighted by molar-refractivity contribution is 14.1. The molecule has 0 bridgehead atoms. The molecule has 2 rings (SSSR count). The van der Waals surface area contributed by atoms with Gasteiger partial charge in [0.15, 0.2) is 0 Å². The smallest absolute Gasteiger partial charge is 0.0530 e. The van der Waals surface area contributed by atoms with E-state index in [1.807, 2.05) is 0 Å². The summed E-state index contributed by atoms with van der Waals surface area (Å²) >= 11 is 2.36. The molecule has 0 radical (unpaired) electrons. The summed E-state index contributed by atoms with van der Waals surface area (Å²) in [5.74, 6) is 0. The van der Waals surface area contributed by atoms with E-state index >= 15 is 0 Å². The molecule has 1 atom stereocenters. The molecule has 1 heterocycles. The number of piperazine rings is 1. The van der Waals surface area contributed by atoms with Gasteiger partial charge in [0.2, 0.25) is 0 Å². The first-order valence-corrected chi connectivity index (χ1v) is 6.72. The second-order valence-electron chi connectivity index (χ2n) is 4.02. The predicted molar refractivity (Wildman–Crippen MR) is 76.5 cm³/mol. The van der Waals surface area contributed by atoms with E-state index in [0.29, 0.717) is 6.04 Å². The molecule has 3 heteroatoms. The molecule has 1 N–H and O–H groups in total. The lowest BCUT2D eigenvalue weighted by Crippen LogP contribution is -2.44. The second-order valence-corrected chi connectivity index (χ2v) is 5.27. The van der Waals surface area contributed by atoms with E-state index in [2.05, 4.69) is 69.7 Å². The maximum Gasteiger partial charge on any atom is 0.0530 e. The van der Waals surface area contributed by atoms with E-state index in [1.54, 1.807) is 0 Å². The van der Waals surface area contributed by atoms with Crippen LogP contribution in [-0.4, -0.2) is 31.1 Å². The van der Waals surface area contributed by atoms with Crippen molar-refractivity contribution in [3.8, 4) is 0 Å². The van der Waals surface area contributed by atoms with Crippen molar-refractivity contribution >= 4 is 22.6 Å². The molecule has 1 aliphatic rings. The topological polar surface area (TPSA) is 15.3 Å². The minimum Gasteiger partial charge on any atom is -0.314 e. The Morgan fingerprint density at radius 2 is 2.12 bits per heavy atom. The molecule has 0 saturated carbocycles. The highest BCUT2D eigenvalue weighted by atomic mass is 127. The summed E-state index contributed by atoms with van der Waals surface area (Å²) < 4.78 is 1.29. The van der Waals surface area contributed by atoms with Crippen LogP contribution in [0.15, 0.2) is 36.9 Å². The molecule has 0 spiro atoms. The number of halogens is 1. The van der Waals surface area contributed by atoms with Crippen molar-refractivity contribution in [2.24, 2.45) is 0 Å². The molecule has 1 saturated heterocycles. The van der Waals surface area contributed by atoms with Crippen LogP contribution in [0.2, 0.25) is 0 Å². The van der Waals surface area contributed by atoms with E-state index in [0.717, 1.165) is 26.2 Å². The van der Waals surface area contributed by atoms with E-state index in [1.165, 1.54) is 9.13 Å². The summed E-state index contributed by atoms with van der Waals surface area (Å²) in [5.41, 5.74) is 1.35. The highest BCUT2D eigenvalue weighted by Crippen LogP contribution is 2.23. The zero-order chi connectivity index (χ0) is 11.4. The van der Waals surface area contributed by atoms with Crippen LogP contribution < -0.4 is 5.32 Å². The van der Waals surface area contributed by atoms with Crippen LogP contribution >= 0.6 is 22.6 Å². The Morgan fingerprint density at radius 3 is 2.75 bits per heavy atom. The quantitative estimate of drug-likeness (QED) is 0.677. The van der Waals surface area contributed by atoms with Gasteiger partial charge in [-0.2, -0.15) is 0 Å². The van der Waals surface area contributed by atoms with Crippen LogP contribution in [0.4, 0.5) is 0 Å². The minimum absolute atomic E-state index is 0.358. The van der Waals surface area contributed by atoms with Gasteiger partial charge in [0, 0.05) is 29.7 Å². The number of hydrogen-bond acceptors (Lipinski definition) is 2. The fourth-order valence-corrected chi connectivity index (χ4v) is 2.71. The lowest BCUT2D eigenvalue weighted by molar-refractivity contribution is 0.203. The van der Waals surface area contributed by atoms with Gasteiger partial charge in [0.05, 0.1) is 6.04 Å². The third kappa shape index (κ3) is 2.84. The Labute approximate surface area is 111 Å². The Morgan fingerprint density at radius 1 is 1.38 bits per heavy atom. The van der Waals surface area contributed by atoms with Gasteiger partial charge in [-0.25, -0.2) is 0 Å². The summed E-state index contributed by atoms with van der Waals surface area (Å²) in [6.45, 7) is 8.33. The second kappa shape index (κ2) is 5.80. The fourth-order valence-electron chi connectivity index (χ4n) is 2.15. The summed E-state index contributed by atoms with van der Waals surface area (Å²) in [6.07, 6.45) is 2.05. The van der Waals surface area contributed by atoms with Crippen LogP contribution in [0.3, 0.4) is 0 Å². The molecule has 0 amide bonds. The number of nitrogens with zero attached hydrogens (tertiary/aromatic N) is 1. The van der Waals surface area contributed by atoms with Crippen LogP contribution in [0.25, 0.3) is 0 Å². The molecule has 0 aliphatic carbocycles. The summed E-state index contributed by atoms with van der Waals surface area (Å²) in [7, 11) is 0. The van der Waals surface area contributed by atoms with E-state index in [4.69, 9.17) is 0 Å². The van der Waals surface area contributed by atoms with E-state index < -0.39 is 0 Å². The van der Waals surface area contributed by atoms with Crippen molar-refractivity contribution in [1.82, 2.24) is 10.2 Å². The van der Waals surface area contributed by atoms with Crippen molar-refractivity contribution < 1.29 is 0 Å². The molecule has 2 nitrogen and oxygen atoms in total. The first-order chi connectivity index (χ1) is 7.81. The van der Waals surface area contributed by atoms with Gasteiger partial charge in [0.1, 0.15) is 0 Å². The molecule has 1 aromatic rings. The highest BCUT2D eigenvalue weighted by Gasteiger charge is 2.19. The van der Waals surface area contributed by atoms with Gasteiger partial charge in [-0.05, 0) is 40.3 Å². The molecular formula is C13H17IN2. The molecule has 86 valence electrons. The SMILES string of the molecule is C=C[C@H](c1cccc(I)c1)N1CCNCC1. The minimum atomic E-state index is 0.358. The fraction of sp³-hybridized carbons (Fsp3) is 0.385.